The van der Waals surface area contributed by atoms with Crippen LogP contribution in [0.15, 0.2) is 54.6 Å². The molecule has 96 valence electrons. The van der Waals surface area contributed by atoms with Crippen molar-refractivity contribution in [2.24, 2.45) is 0 Å². The highest BCUT2D eigenvalue weighted by Crippen LogP contribution is 2.44. The number of rotatable bonds is 3. The number of hydrogen-bond acceptors (Lipinski definition) is 3. The highest BCUT2D eigenvalue weighted by atomic mass is 35.5. The summed E-state index contributed by atoms with van der Waals surface area (Å²) < 4.78 is 1.23. The number of para-hydroxylation sites is 1. The van der Waals surface area contributed by atoms with Crippen LogP contribution >= 0.6 is 23.1 Å². The Morgan fingerprint density at radius 2 is 1.68 bits per heavy atom. The van der Waals surface area contributed by atoms with Crippen molar-refractivity contribution in [1.29, 1.82) is 0 Å². The standard InChI is InChI=1S/C15H13ClN2S/c1-18(11-7-3-2-4-8-11)14-12-9-5-6-10-13(12)19-15(14)17-16/h2-10,17H,1H3. The Morgan fingerprint density at radius 3 is 2.42 bits per heavy atom. The molecule has 0 fully saturated rings. The summed E-state index contributed by atoms with van der Waals surface area (Å²) in [7, 11) is 2.06. The van der Waals surface area contributed by atoms with Crippen LogP contribution in [0.4, 0.5) is 16.4 Å². The molecule has 1 heterocycles. The molecule has 0 aliphatic heterocycles. The van der Waals surface area contributed by atoms with Gasteiger partial charge in [-0.2, -0.15) is 0 Å². The number of nitrogens with one attached hydrogen (secondary N) is 1. The first-order chi connectivity index (χ1) is 9.31. The topological polar surface area (TPSA) is 15.3 Å². The summed E-state index contributed by atoms with van der Waals surface area (Å²) in [5.74, 6) is 0. The van der Waals surface area contributed by atoms with Crippen molar-refractivity contribution in [2.45, 2.75) is 0 Å². The van der Waals surface area contributed by atoms with Gasteiger partial charge in [-0.1, -0.05) is 36.4 Å². The number of hydrogen-bond donors (Lipinski definition) is 1. The second-order valence-corrected chi connectivity index (χ2v) is 5.51. The molecule has 0 aliphatic rings. The van der Waals surface area contributed by atoms with E-state index in [1.165, 1.54) is 10.1 Å². The fourth-order valence-corrected chi connectivity index (χ4v) is 3.44. The van der Waals surface area contributed by atoms with Crippen molar-refractivity contribution in [3.8, 4) is 0 Å². The predicted octanol–water partition coefficient (Wildman–Crippen LogP) is 5.23. The van der Waals surface area contributed by atoms with Crippen LogP contribution in [-0.4, -0.2) is 7.05 Å². The quantitative estimate of drug-likeness (QED) is 0.664. The van der Waals surface area contributed by atoms with E-state index in [0.29, 0.717) is 0 Å². The van der Waals surface area contributed by atoms with Crippen LogP contribution in [0, 0.1) is 0 Å². The first-order valence-corrected chi connectivity index (χ1v) is 7.17. The van der Waals surface area contributed by atoms with E-state index < -0.39 is 0 Å². The maximum atomic E-state index is 5.87. The van der Waals surface area contributed by atoms with Gasteiger partial charge in [0.15, 0.2) is 0 Å². The summed E-state index contributed by atoms with van der Waals surface area (Å²) >= 11 is 7.53. The fraction of sp³-hybridized carbons (Fsp3) is 0.0667. The van der Waals surface area contributed by atoms with Crippen LogP contribution in [0.1, 0.15) is 0 Å². The second kappa shape index (κ2) is 5.11. The molecular formula is C15H13ClN2S. The van der Waals surface area contributed by atoms with E-state index in [1.807, 2.05) is 24.3 Å². The molecule has 0 spiro atoms. The minimum atomic E-state index is 0.967. The molecule has 3 aromatic rings. The summed E-state index contributed by atoms with van der Waals surface area (Å²) in [6.45, 7) is 0. The van der Waals surface area contributed by atoms with Crippen molar-refractivity contribution in [3.63, 3.8) is 0 Å². The van der Waals surface area contributed by atoms with E-state index in [1.54, 1.807) is 11.3 Å². The molecule has 0 unspecified atom stereocenters. The molecule has 0 saturated carbocycles. The van der Waals surface area contributed by atoms with Gasteiger partial charge < -0.3 is 4.90 Å². The highest BCUT2D eigenvalue weighted by molar-refractivity contribution is 7.24. The summed E-state index contributed by atoms with van der Waals surface area (Å²) in [4.78, 5) is 4.94. The Labute approximate surface area is 121 Å². The summed E-state index contributed by atoms with van der Waals surface area (Å²) in [5, 5.41) is 2.18. The molecule has 0 atom stereocenters. The third-order valence-electron chi connectivity index (χ3n) is 3.13. The molecule has 0 saturated heterocycles. The van der Waals surface area contributed by atoms with Gasteiger partial charge in [-0.05, 0) is 18.2 Å². The number of halogens is 1. The summed E-state index contributed by atoms with van der Waals surface area (Å²) in [6.07, 6.45) is 0. The lowest BCUT2D eigenvalue weighted by Gasteiger charge is -2.20. The predicted molar refractivity (Wildman–Crippen MR) is 85.8 cm³/mol. The van der Waals surface area contributed by atoms with Crippen LogP contribution in [0.3, 0.4) is 0 Å². The first-order valence-electron chi connectivity index (χ1n) is 5.98. The molecule has 0 radical (unpaired) electrons. The Hall–Kier alpha value is -1.71. The first kappa shape index (κ1) is 12.3. The molecule has 1 N–H and O–H groups in total. The lowest BCUT2D eigenvalue weighted by molar-refractivity contribution is 1.23. The molecular weight excluding hydrogens is 276 g/mol. The van der Waals surface area contributed by atoms with Crippen LogP contribution in [0.25, 0.3) is 10.1 Å². The van der Waals surface area contributed by atoms with Crippen LogP contribution in [0.2, 0.25) is 0 Å². The van der Waals surface area contributed by atoms with Crippen LogP contribution < -0.4 is 9.74 Å². The number of fused-ring (bicyclic) bond motifs is 1. The minimum Gasteiger partial charge on any atom is -0.342 e. The second-order valence-electron chi connectivity index (χ2n) is 4.27. The highest BCUT2D eigenvalue weighted by Gasteiger charge is 2.16. The lowest BCUT2D eigenvalue weighted by atomic mass is 10.2. The van der Waals surface area contributed by atoms with Gasteiger partial charge in [0.2, 0.25) is 0 Å². The van der Waals surface area contributed by atoms with E-state index in [9.17, 15) is 0 Å². The van der Waals surface area contributed by atoms with Crippen LogP contribution in [-0.2, 0) is 0 Å². The zero-order valence-electron chi connectivity index (χ0n) is 10.4. The molecule has 2 nitrogen and oxygen atoms in total. The van der Waals surface area contributed by atoms with E-state index in [2.05, 4.69) is 47.1 Å². The number of nitrogens with zero attached hydrogens (tertiary/aromatic N) is 1. The largest absolute Gasteiger partial charge is 0.342 e. The van der Waals surface area contributed by atoms with Crippen molar-refractivity contribution in [3.05, 3.63) is 54.6 Å². The van der Waals surface area contributed by atoms with E-state index in [0.717, 1.165) is 16.4 Å². The number of anilines is 3. The van der Waals surface area contributed by atoms with Gasteiger partial charge in [-0.25, -0.2) is 0 Å². The maximum absolute atomic E-state index is 5.87. The van der Waals surface area contributed by atoms with Gasteiger partial charge in [0.05, 0.1) is 5.69 Å². The zero-order valence-corrected chi connectivity index (χ0v) is 12.0. The van der Waals surface area contributed by atoms with Gasteiger partial charge in [0, 0.05) is 34.6 Å². The van der Waals surface area contributed by atoms with Gasteiger partial charge in [0.1, 0.15) is 5.00 Å². The van der Waals surface area contributed by atoms with Gasteiger partial charge in [-0.3, -0.25) is 4.84 Å². The fourth-order valence-electron chi connectivity index (χ4n) is 2.21. The average molecular weight is 289 g/mol. The Balaban J connectivity index is 2.18. The third kappa shape index (κ3) is 2.15. The number of benzene rings is 2. The third-order valence-corrected chi connectivity index (χ3v) is 4.51. The molecule has 19 heavy (non-hydrogen) atoms. The molecule has 1 aromatic heterocycles. The Morgan fingerprint density at radius 1 is 1.00 bits per heavy atom. The lowest BCUT2D eigenvalue weighted by Crippen LogP contribution is -2.09. The molecule has 0 bridgehead atoms. The SMILES string of the molecule is CN(c1ccccc1)c1c(NCl)sc2ccccc12. The smallest absolute Gasteiger partial charge is 0.128 e. The normalized spacial score (nSPS) is 10.6. The average Bonchev–Trinajstić information content (AvgIpc) is 2.86. The van der Waals surface area contributed by atoms with E-state index in [4.69, 9.17) is 11.8 Å². The van der Waals surface area contributed by atoms with Gasteiger partial charge in [0.25, 0.3) is 0 Å². The van der Waals surface area contributed by atoms with E-state index >= 15 is 0 Å². The van der Waals surface area contributed by atoms with Crippen molar-refractivity contribution in [2.75, 3.05) is 16.8 Å². The Kier molecular flexibility index (Phi) is 3.32. The Bertz CT molecular complexity index is 694. The maximum Gasteiger partial charge on any atom is 0.128 e. The number of thiophene rings is 1. The summed E-state index contributed by atoms with van der Waals surface area (Å²) in [6, 6.07) is 18.6. The van der Waals surface area contributed by atoms with Crippen molar-refractivity contribution in [1.82, 2.24) is 0 Å². The monoisotopic (exact) mass is 288 g/mol. The zero-order chi connectivity index (χ0) is 13.2. The molecule has 0 amide bonds. The van der Waals surface area contributed by atoms with E-state index in [-0.39, 0.29) is 0 Å². The molecule has 2 aromatic carbocycles. The summed E-state index contributed by atoms with van der Waals surface area (Å²) in [5.41, 5.74) is 2.25. The van der Waals surface area contributed by atoms with Crippen molar-refractivity contribution >= 4 is 49.6 Å². The van der Waals surface area contributed by atoms with Gasteiger partial charge in [-0.15, -0.1) is 11.3 Å². The molecule has 4 heteroatoms. The van der Waals surface area contributed by atoms with Crippen LogP contribution in [0.5, 0.6) is 0 Å². The molecule has 3 rings (SSSR count). The minimum absolute atomic E-state index is 0.967. The van der Waals surface area contributed by atoms with Gasteiger partial charge >= 0.3 is 0 Å². The van der Waals surface area contributed by atoms with Crippen molar-refractivity contribution < 1.29 is 0 Å². The molecule has 0 aliphatic carbocycles.